The van der Waals surface area contributed by atoms with Crippen LogP contribution in [0.2, 0.25) is 0 Å². The largest absolute Gasteiger partial charge is 0.491 e. The molecule has 0 saturated carbocycles. The van der Waals surface area contributed by atoms with E-state index >= 15 is 0 Å². The number of piperidine rings is 1. The summed E-state index contributed by atoms with van der Waals surface area (Å²) in [5.74, 6) is 2.87. The molecule has 0 amide bonds. The number of hydrogen-bond acceptors (Lipinski definition) is 9. The van der Waals surface area contributed by atoms with E-state index in [0.29, 0.717) is 37.8 Å². The molecule has 5 N–H and O–H groups in total. The summed E-state index contributed by atoms with van der Waals surface area (Å²) in [6.45, 7) is 5.47. The molecule has 0 bridgehead atoms. The molecule has 4 rings (SSSR count). The third-order valence-electron chi connectivity index (χ3n) is 6.10. The van der Waals surface area contributed by atoms with Crippen molar-refractivity contribution in [3.05, 3.63) is 29.8 Å². The van der Waals surface area contributed by atoms with Crippen molar-refractivity contribution < 1.29 is 14.6 Å². The van der Waals surface area contributed by atoms with Crippen molar-refractivity contribution >= 4 is 23.2 Å². The number of anilines is 2. The summed E-state index contributed by atoms with van der Waals surface area (Å²) in [6, 6.07) is 7.83. The molecule has 2 aliphatic rings. The molecule has 1 aromatic carbocycles. The van der Waals surface area contributed by atoms with Crippen LogP contribution in [0.5, 0.6) is 5.75 Å². The number of aromatic nitrogens is 2. The quantitative estimate of drug-likeness (QED) is 0.390. The molecule has 9 nitrogen and oxygen atoms in total. The lowest BCUT2D eigenvalue weighted by atomic mass is 10.1. The summed E-state index contributed by atoms with van der Waals surface area (Å²) < 4.78 is 11.3. The minimum Gasteiger partial charge on any atom is -0.491 e. The standard InChI is InChI=1S/C24H35ClN6O3/c1-15-22(28-19-6-7-33-13-19)29-23(30-24(15)31-11-17(25)9-18(26)12-31)16-4-3-5-21(8-16)34-14-20(32)10-27-2/h3-5,8,17-20,27,32H,6-7,9-14,26H2,1-2H3,(H,28,29,30). The molecule has 2 saturated heterocycles. The van der Waals surface area contributed by atoms with Crippen LogP contribution in [-0.2, 0) is 4.74 Å². The molecule has 4 atom stereocenters. The van der Waals surface area contributed by atoms with Gasteiger partial charge >= 0.3 is 0 Å². The zero-order chi connectivity index (χ0) is 24.1. The predicted octanol–water partition coefficient (Wildman–Crippen LogP) is 1.76. The van der Waals surface area contributed by atoms with Crippen LogP contribution < -0.4 is 26.0 Å². The number of likely N-dealkylation sites (N-methyl/N-ethyl adjacent to an activating group) is 1. The van der Waals surface area contributed by atoms with E-state index in [2.05, 4.69) is 15.5 Å². The Balaban J connectivity index is 1.65. The second-order valence-electron chi connectivity index (χ2n) is 9.10. The van der Waals surface area contributed by atoms with Gasteiger partial charge in [0.2, 0.25) is 0 Å². The summed E-state index contributed by atoms with van der Waals surface area (Å²) in [5, 5.41) is 16.4. The van der Waals surface area contributed by atoms with Gasteiger partial charge in [-0.15, -0.1) is 11.6 Å². The highest BCUT2D eigenvalue weighted by atomic mass is 35.5. The molecular formula is C24H35ClN6O3. The van der Waals surface area contributed by atoms with Crippen LogP contribution >= 0.6 is 11.6 Å². The second kappa shape index (κ2) is 11.5. The van der Waals surface area contributed by atoms with Crippen LogP contribution in [0.1, 0.15) is 18.4 Å². The van der Waals surface area contributed by atoms with Crippen molar-refractivity contribution in [3.63, 3.8) is 0 Å². The van der Waals surface area contributed by atoms with Crippen LogP contribution in [-0.4, -0.2) is 85.1 Å². The average Bonchev–Trinajstić information content (AvgIpc) is 3.32. The van der Waals surface area contributed by atoms with E-state index in [1.54, 1.807) is 7.05 Å². The number of aliphatic hydroxyl groups excluding tert-OH is 1. The fourth-order valence-corrected chi connectivity index (χ4v) is 4.78. The van der Waals surface area contributed by atoms with Crippen LogP contribution in [0.4, 0.5) is 11.6 Å². The van der Waals surface area contributed by atoms with Gasteiger partial charge < -0.3 is 35.8 Å². The van der Waals surface area contributed by atoms with Crippen molar-refractivity contribution in [2.45, 2.75) is 43.3 Å². The van der Waals surface area contributed by atoms with E-state index in [1.807, 2.05) is 31.2 Å². The number of benzene rings is 1. The Labute approximate surface area is 206 Å². The summed E-state index contributed by atoms with van der Waals surface area (Å²) in [4.78, 5) is 12.0. The zero-order valence-corrected chi connectivity index (χ0v) is 20.6. The van der Waals surface area contributed by atoms with E-state index in [0.717, 1.165) is 42.2 Å². The lowest BCUT2D eigenvalue weighted by Gasteiger charge is -2.35. The summed E-state index contributed by atoms with van der Waals surface area (Å²) in [6.07, 6.45) is 1.13. The number of nitrogens with zero attached hydrogens (tertiary/aromatic N) is 3. The van der Waals surface area contributed by atoms with Crippen molar-refractivity contribution in [1.82, 2.24) is 15.3 Å². The predicted molar refractivity (Wildman–Crippen MR) is 135 cm³/mol. The van der Waals surface area contributed by atoms with Gasteiger partial charge in [0, 0.05) is 43.4 Å². The lowest BCUT2D eigenvalue weighted by Crippen LogP contribution is -2.48. The van der Waals surface area contributed by atoms with Gasteiger partial charge in [-0.1, -0.05) is 12.1 Å². The molecule has 0 aliphatic carbocycles. The fraction of sp³-hybridized carbons (Fsp3) is 0.583. The number of nitrogens with two attached hydrogens (primary N) is 1. The molecule has 10 heteroatoms. The summed E-state index contributed by atoms with van der Waals surface area (Å²) in [5.41, 5.74) is 8.08. The molecular weight excluding hydrogens is 456 g/mol. The second-order valence-corrected chi connectivity index (χ2v) is 9.71. The van der Waals surface area contributed by atoms with Gasteiger partial charge in [-0.05, 0) is 38.9 Å². The Kier molecular flexibility index (Phi) is 8.44. The SMILES string of the molecule is CNCC(O)COc1cccc(-c2nc(NC3CCOC3)c(C)c(N3CC(N)CC(Cl)C3)n2)c1. The van der Waals surface area contributed by atoms with Gasteiger partial charge in [0.15, 0.2) is 5.82 Å². The number of ether oxygens (including phenoxy) is 2. The van der Waals surface area contributed by atoms with Crippen molar-refractivity contribution in [2.24, 2.45) is 5.73 Å². The number of nitrogens with one attached hydrogen (secondary N) is 2. The normalized spacial score (nSPS) is 23.7. The smallest absolute Gasteiger partial charge is 0.164 e. The lowest BCUT2D eigenvalue weighted by molar-refractivity contribution is 0.108. The molecule has 2 fully saturated rings. The van der Waals surface area contributed by atoms with Gasteiger partial charge in [-0.25, -0.2) is 9.97 Å². The minimum absolute atomic E-state index is 0.00512. The van der Waals surface area contributed by atoms with E-state index in [1.165, 1.54) is 0 Å². The molecule has 4 unspecified atom stereocenters. The molecule has 34 heavy (non-hydrogen) atoms. The van der Waals surface area contributed by atoms with E-state index in [-0.39, 0.29) is 24.1 Å². The Hall–Kier alpha value is -2.17. The van der Waals surface area contributed by atoms with E-state index < -0.39 is 6.10 Å². The number of hydrogen-bond donors (Lipinski definition) is 4. The van der Waals surface area contributed by atoms with Crippen LogP contribution in [0.3, 0.4) is 0 Å². The first-order chi connectivity index (χ1) is 16.4. The van der Waals surface area contributed by atoms with Crippen LogP contribution in [0, 0.1) is 6.92 Å². The maximum absolute atomic E-state index is 9.97. The Morgan fingerprint density at radius 2 is 2.21 bits per heavy atom. The molecule has 0 spiro atoms. The third kappa shape index (κ3) is 6.28. The van der Waals surface area contributed by atoms with Gasteiger partial charge in [-0.3, -0.25) is 0 Å². The van der Waals surface area contributed by atoms with Gasteiger partial charge in [-0.2, -0.15) is 0 Å². The molecule has 0 radical (unpaired) electrons. The summed E-state index contributed by atoms with van der Waals surface area (Å²) in [7, 11) is 1.79. The maximum Gasteiger partial charge on any atom is 0.164 e. The van der Waals surface area contributed by atoms with Crippen LogP contribution in [0.15, 0.2) is 24.3 Å². The molecule has 186 valence electrons. The molecule has 3 heterocycles. The highest BCUT2D eigenvalue weighted by molar-refractivity contribution is 6.21. The molecule has 1 aromatic heterocycles. The van der Waals surface area contributed by atoms with Gasteiger partial charge in [0.25, 0.3) is 0 Å². The number of aliphatic hydroxyl groups is 1. The van der Waals surface area contributed by atoms with E-state index in [4.69, 9.17) is 36.8 Å². The average molecular weight is 491 g/mol. The Morgan fingerprint density at radius 3 is 2.94 bits per heavy atom. The fourth-order valence-electron chi connectivity index (χ4n) is 4.38. The van der Waals surface area contributed by atoms with Crippen LogP contribution in [0.25, 0.3) is 11.4 Å². The first kappa shape index (κ1) is 24.9. The minimum atomic E-state index is -0.591. The first-order valence-electron chi connectivity index (χ1n) is 11.9. The Morgan fingerprint density at radius 1 is 1.35 bits per heavy atom. The topological polar surface area (TPSA) is 118 Å². The third-order valence-corrected chi connectivity index (χ3v) is 6.41. The van der Waals surface area contributed by atoms with Gasteiger partial charge in [0.05, 0.1) is 18.0 Å². The Bertz CT molecular complexity index is 948. The van der Waals surface area contributed by atoms with Crippen molar-refractivity contribution in [1.29, 1.82) is 0 Å². The number of halogens is 1. The summed E-state index contributed by atoms with van der Waals surface area (Å²) >= 11 is 6.51. The highest BCUT2D eigenvalue weighted by Crippen LogP contribution is 2.32. The molecule has 2 aromatic rings. The number of rotatable bonds is 9. The maximum atomic E-state index is 9.97. The van der Waals surface area contributed by atoms with Crippen molar-refractivity contribution in [3.8, 4) is 17.1 Å². The highest BCUT2D eigenvalue weighted by Gasteiger charge is 2.28. The van der Waals surface area contributed by atoms with Crippen molar-refractivity contribution in [2.75, 3.05) is 56.7 Å². The zero-order valence-electron chi connectivity index (χ0n) is 19.8. The molecule has 2 aliphatic heterocycles. The monoisotopic (exact) mass is 490 g/mol. The number of alkyl halides is 1. The first-order valence-corrected chi connectivity index (χ1v) is 12.3. The van der Waals surface area contributed by atoms with Gasteiger partial charge in [0.1, 0.15) is 30.1 Å². The van der Waals surface area contributed by atoms with E-state index in [9.17, 15) is 5.11 Å².